The van der Waals surface area contributed by atoms with Crippen LogP contribution in [0.1, 0.15) is 49.0 Å². The van der Waals surface area contributed by atoms with Gasteiger partial charge in [-0.1, -0.05) is 0 Å². The van der Waals surface area contributed by atoms with Gasteiger partial charge in [0, 0.05) is 75.9 Å². The maximum atomic E-state index is 13.7. The summed E-state index contributed by atoms with van der Waals surface area (Å²) in [6, 6.07) is 6.65. The Hall–Kier alpha value is -4.15. The van der Waals surface area contributed by atoms with Crippen LogP contribution in [0.4, 0.5) is 36.2 Å². The molecule has 48 heavy (non-hydrogen) atoms. The number of carbonyl (C=O) groups excluding carboxylic acids is 1. The van der Waals surface area contributed by atoms with Crippen LogP contribution in [0.5, 0.6) is 5.75 Å². The highest BCUT2D eigenvalue weighted by Crippen LogP contribution is 2.47. The van der Waals surface area contributed by atoms with Gasteiger partial charge in [-0.25, -0.2) is 9.97 Å². The molecular weight excluding hydrogens is 629 g/mol. The molecule has 1 unspecified atom stereocenters. The number of likely N-dealkylation sites (N-methyl/N-ethyl adjacent to an activating group) is 1. The van der Waals surface area contributed by atoms with Gasteiger partial charge in [0.25, 0.3) is 5.91 Å². The van der Waals surface area contributed by atoms with E-state index in [0.717, 1.165) is 64.7 Å². The molecule has 3 aromatic rings. The summed E-state index contributed by atoms with van der Waals surface area (Å²) in [5.41, 5.74) is 6.80. The molecule has 4 fully saturated rings. The summed E-state index contributed by atoms with van der Waals surface area (Å²) in [6.07, 6.45) is 1.96. The highest BCUT2D eigenvalue weighted by molar-refractivity contribution is 5.97. The number of amides is 1. The SMILES string of the molecule is CN1CCN(C2CCN(c3ccc(Nc4nc(NC5CCOC6(CC6)C5)c(-c5cc[nH]n5)nc4C(N)=O)cc3OC(F)(F)F)CC2)CC1. The van der Waals surface area contributed by atoms with Crippen LogP contribution in [0, 0.1) is 0 Å². The summed E-state index contributed by atoms with van der Waals surface area (Å²) < 4.78 is 51.6. The molecule has 1 amide bonds. The molecule has 1 atom stereocenters. The third-order valence-electron chi connectivity index (χ3n) is 9.82. The Morgan fingerprint density at radius 1 is 1.06 bits per heavy atom. The summed E-state index contributed by atoms with van der Waals surface area (Å²) in [7, 11) is 2.11. The second-order valence-electron chi connectivity index (χ2n) is 13.2. The molecule has 16 heteroatoms. The third-order valence-corrected chi connectivity index (χ3v) is 9.82. The van der Waals surface area contributed by atoms with Crippen molar-refractivity contribution in [3.8, 4) is 17.1 Å². The van der Waals surface area contributed by atoms with Crippen molar-refractivity contribution in [2.75, 3.05) is 68.5 Å². The number of benzene rings is 1. The topological polar surface area (TPSA) is 150 Å². The highest BCUT2D eigenvalue weighted by Gasteiger charge is 2.48. The van der Waals surface area contributed by atoms with Gasteiger partial charge in [0.15, 0.2) is 23.1 Å². The van der Waals surface area contributed by atoms with Crippen LogP contribution in [0.25, 0.3) is 11.4 Å². The monoisotopic (exact) mass is 670 g/mol. The lowest BCUT2D eigenvalue weighted by Crippen LogP contribution is -2.52. The predicted molar refractivity (Wildman–Crippen MR) is 173 cm³/mol. The van der Waals surface area contributed by atoms with Gasteiger partial charge in [-0.3, -0.25) is 14.8 Å². The quantitative estimate of drug-likeness (QED) is 0.262. The molecule has 13 nitrogen and oxygen atoms in total. The number of ether oxygens (including phenoxy) is 2. The van der Waals surface area contributed by atoms with Crippen molar-refractivity contribution in [2.24, 2.45) is 5.73 Å². The zero-order valence-corrected chi connectivity index (χ0v) is 26.9. The number of rotatable bonds is 9. The first-order valence-electron chi connectivity index (χ1n) is 16.5. The molecule has 7 rings (SSSR count). The Morgan fingerprint density at radius 2 is 1.83 bits per heavy atom. The molecule has 3 aliphatic heterocycles. The normalized spacial score (nSPS) is 22.1. The Morgan fingerprint density at radius 3 is 2.50 bits per heavy atom. The second-order valence-corrected chi connectivity index (χ2v) is 13.2. The number of piperazine rings is 1. The standard InChI is InChI=1S/C32H41F3N10O3/c1-43-13-15-44(16-14-43)22-5-11-45(12-6-22)24-3-2-20(18-25(24)48-32(33,34)35)38-30-27(28(36)46)40-26(23-4-10-37-42-23)29(41-30)39-21-7-17-47-31(19-21)8-9-31/h2-4,10,18,21-22H,5-9,11-17,19H2,1H3,(H2,36,46)(H,37,42)(H2,38,39,41). The van der Waals surface area contributed by atoms with Gasteiger partial charge in [0.1, 0.15) is 11.4 Å². The maximum Gasteiger partial charge on any atom is 0.573 e. The first-order valence-corrected chi connectivity index (χ1v) is 16.5. The van der Waals surface area contributed by atoms with E-state index in [2.05, 4.69) is 47.4 Å². The van der Waals surface area contributed by atoms with E-state index < -0.39 is 12.3 Å². The number of H-pyrrole nitrogens is 1. The van der Waals surface area contributed by atoms with Crippen LogP contribution in [-0.2, 0) is 4.74 Å². The van der Waals surface area contributed by atoms with E-state index in [0.29, 0.717) is 48.6 Å². The number of hydrogen-bond donors (Lipinski definition) is 4. The molecule has 0 bridgehead atoms. The summed E-state index contributed by atoms with van der Waals surface area (Å²) in [5.74, 6) is -0.842. The molecule has 1 spiro atoms. The van der Waals surface area contributed by atoms with E-state index >= 15 is 0 Å². The number of aromatic nitrogens is 4. The van der Waals surface area contributed by atoms with Crippen molar-refractivity contribution in [1.29, 1.82) is 0 Å². The average Bonchev–Trinajstić information content (AvgIpc) is 3.55. The van der Waals surface area contributed by atoms with Crippen molar-refractivity contribution in [2.45, 2.75) is 62.6 Å². The molecule has 0 radical (unpaired) electrons. The second kappa shape index (κ2) is 13.0. The molecule has 1 aliphatic carbocycles. The van der Waals surface area contributed by atoms with E-state index in [1.165, 1.54) is 6.07 Å². The minimum atomic E-state index is -4.91. The van der Waals surface area contributed by atoms with E-state index in [1.54, 1.807) is 24.4 Å². The van der Waals surface area contributed by atoms with Gasteiger partial charge in [0.2, 0.25) is 0 Å². The van der Waals surface area contributed by atoms with Gasteiger partial charge in [-0.05, 0) is 63.8 Å². The molecule has 4 aliphatic rings. The van der Waals surface area contributed by atoms with Crippen LogP contribution >= 0.6 is 0 Å². The summed E-state index contributed by atoms with van der Waals surface area (Å²) in [5, 5.41) is 13.4. The number of piperidine rings is 1. The summed E-state index contributed by atoms with van der Waals surface area (Å²) >= 11 is 0. The number of hydrogen-bond acceptors (Lipinski definition) is 11. The number of halogens is 3. The van der Waals surface area contributed by atoms with Crippen LogP contribution < -0.4 is 26.0 Å². The van der Waals surface area contributed by atoms with Gasteiger partial charge in [-0.2, -0.15) is 5.10 Å². The first-order chi connectivity index (χ1) is 23.0. The Labute approximate surface area is 276 Å². The van der Waals surface area contributed by atoms with Crippen molar-refractivity contribution in [3.05, 3.63) is 36.2 Å². The molecular formula is C32H41F3N10O3. The van der Waals surface area contributed by atoms with Crippen LogP contribution in [0.2, 0.25) is 0 Å². The molecule has 1 saturated carbocycles. The number of anilines is 4. The largest absolute Gasteiger partial charge is 0.573 e. The first kappa shape index (κ1) is 32.4. The average molecular weight is 671 g/mol. The minimum Gasteiger partial charge on any atom is -0.403 e. The molecule has 2 aromatic heterocycles. The minimum absolute atomic E-state index is 0.00354. The van der Waals surface area contributed by atoms with Gasteiger partial charge < -0.3 is 35.6 Å². The van der Waals surface area contributed by atoms with Crippen molar-refractivity contribution in [1.82, 2.24) is 30.0 Å². The van der Waals surface area contributed by atoms with Crippen LogP contribution in [0.3, 0.4) is 0 Å². The summed E-state index contributed by atoms with van der Waals surface area (Å²) in [6.45, 7) is 5.83. The van der Waals surface area contributed by atoms with Gasteiger partial charge in [-0.15, -0.1) is 13.2 Å². The Bertz CT molecular complexity index is 1600. The third kappa shape index (κ3) is 7.29. The predicted octanol–water partition coefficient (Wildman–Crippen LogP) is 3.95. The van der Waals surface area contributed by atoms with E-state index in [9.17, 15) is 18.0 Å². The number of carbonyl (C=O) groups is 1. The fourth-order valence-electron chi connectivity index (χ4n) is 7.05. The number of nitrogens with zero attached hydrogens (tertiary/aromatic N) is 6. The number of aromatic amines is 1. The van der Waals surface area contributed by atoms with Crippen molar-refractivity contribution in [3.63, 3.8) is 0 Å². The zero-order valence-electron chi connectivity index (χ0n) is 26.9. The molecule has 258 valence electrons. The van der Waals surface area contributed by atoms with E-state index in [-0.39, 0.29) is 34.6 Å². The Balaban J connectivity index is 1.15. The van der Waals surface area contributed by atoms with Gasteiger partial charge >= 0.3 is 6.36 Å². The highest BCUT2D eigenvalue weighted by atomic mass is 19.4. The fourth-order valence-corrected chi connectivity index (χ4v) is 7.05. The molecule has 3 saturated heterocycles. The number of primary amides is 1. The lowest BCUT2D eigenvalue weighted by molar-refractivity contribution is -0.274. The number of alkyl halides is 3. The lowest BCUT2D eigenvalue weighted by atomic mass is 10.0. The van der Waals surface area contributed by atoms with Crippen molar-refractivity contribution < 1.29 is 27.4 Å². The van der Waals surface area contributed by atoms with Gasteiger partial charge in [0.05, 0.1) is 11.3 Å². The number of nitrogens with one attached hydrogen (secondary N) is 3. The Kier molecular flexibility index (Phi) is 8.81. The van der Waals surface area contributed by atoms with E-state index in [1.807, 2.05) is 4.90 Å². The lowest BCUT2D eigenvalue weighted by Gasteiger charge is -2.42. The van der Waals surface area contributed by atoms with E-state index in [4.69, 9.17) is 15.5 Å². The fraction of sp³-hybridized carbons (Fsp3) is 0.562. The smallest absolute Gasteiger partial charge is 0.403 e. The molecule has 1 aromatic carbocycles. The van der Waals surface area contributed by atoms with Crippen LogP contribution in [0.15, 0.2) is 30.5 Å². The summed E-state index contributed by atoms with van der Waals surface area (Å²) in [4.78, 5) is 28.6. The maximum absolute atomic E-state index is 13.7. The van der Waals surface area contributed by atoms with Crippen molar-refractivity contribution >= 4 is 28.9 Å². The number of nitrogens with two attached hydrogens (primary N) is 1. The molecule has 5 heterocycles. The molecule has 5 N–H and O–H groups in total. The van der Waals surface area contributed by atoms with Crippen LogP contribution in [-0.4, -0.2) is 113 Å². The zero-order chi connectivity index (χ0) is 33.5.